The van der Waals surface area contributed by atoms with E-state index in [1.807, 2.05) is 106 Å². The fourth-order valence-electron chi connectivity index (χ4n) is 6.04. The van der Waals surface area contributed by atoms with Crippen LogP contribution in [0.2, 0.25) is 0 Å². The fraction of sp³-hybridized carbons (Fsp3) is 0.125. The van der Waals surface area contributed by atoms with Crippen LogP contribution in [0, 0.1) is 79.2 Å². The van der Waals surface area contributed by atoms with E-state index in [1.54, 1.807) is 0 Å². The van der Waals surface area contributed by atoms with E-state index in [0.717, 1.165) is 34.1 Å². The summed E-state index contributed by atoms with van der Waals surface area (Å²) in [6.07, 6.45) is 16.1. The molecule has 4 aliphatic rings. The molecule has 5 heteroatoms. The molecule has 1 saturated heterocycles. The van der Waals surface area contributed by atoms with Gasteiger partial charge < -0.3 is 4.74 Å². The number of ether oxygens (including phenoxy) is 1. The molecule has 37 heavy (non-hydrogen) atoms. The third-order valence-corrected chi connectivity index (χ3v) is 7.39. The molecule has 0 unspecified atom stereocenters. The molecule has 3 aromatic rings. The van der Waals surface area contributed by atoms with Gasteiger partial charge in [-0.05, 0) is 73.6 Å². The van der Waals surface area contributed by atoms with Crippen molar-refractivity contribution >= 4 is 0 Å². The van der Waals surface area contributed by atoms with Gasteiger partial charge in [-0.25, -0.2) is 0 Å². The number of hydrogen-bond acceptors (Lipinski definition) is 3. The monoisotopic (exact) mass is 527 g/mol. The van der Waals surface area contributed by atoms with Gasteiger partial charge in [-0.1, -0.05) is 84.9 Å². The third-order valence-electron chi connectivity index (χ3n) is 7.39. The summed E-state index contributed by atoms with van der Waals surface area (Å²) in [4.78, 5) is 11.6. The Hall–Kier alpha value is -2.46. The molecule has 0 spiro atoms. The van der Waals surface area contributed by atoms with E-state index in [2.05, 4.69) is 30.7 Å². The molecule has 10 radical (unpaired) electrons. The molecule has 3 fully saturated rings. The maximum absolute atomic E-state index is 11.9. The molecular weight excluding hydrogens is 502 g/mol. The first-order valence-corrected chi connectivity index (χ1v) is 12.1. The van der Waals surface area contributed by atoms with Crippen LogP contribution in [-0.2, 0) is 33.0 Å². The van der Waals surface area contributed by atoms with Crippen molar-refractivity contribution in [2.24, 2.45) is 5.92 Å². The number of rotatable bonds is 4. The van der Waals surface area contributed by atoms with Crippen LogP contribution in [0.5, 0.6) is 0 Å². The van der Waals surface area contributed by atoms with Gasteiger partial charge in [0.25, 0.3) is 0 Å². The van der Waals surface area contributed by atoms with E-state index in [4.69, 9.17) is 4.74 Å². The largest absolute Gasteiger partial charge is 2.00 e. The van der Waals surface area contributed by atoms with Gasteiger partial charge in [0.1, 0.15) is 11.2 Å². The number of hydrogen-bond donors (Lipinski definition) is 0. The van der Waals surface area contributed by atoms with Crippen LogP contribution in [0.25, 0.3) is 0 Å². The molecule has 2 aliphatic carbocycles. The Balaban J connectivity index is 0.000000421. The van der Waals surface area contributed by atoms with Gasteiger partial charge in [-0.2, -0.15) is 0 Å². The minimum Gasteiger partial charge on any atom is -0.348 e. The van der Waals surface area contributed by atoms with Crippen molar-refractivity contribution in [3.05, 3.63) is 180 Å². The topological polar surface area (TPSA) is 52.4 Å². The van der Waals surface area contributed by atoms with E-state index >= 15 is 0 Å². The second kappa shape index (κ2) is 10.7. The number of nitrogens with zero attached hydrogens (tertiary/aromatic N) is 1. The minimum absolute atomic E-state index is 0. The Labute approximate surface area is 230 Å². The van der Waals surface area contributed by atoms with Gasteiger partial charge in [0.15, 0.2) is 0 Å². The van der Waals surface area contributed by atoms with Crippen LogP contribution in [0.1, 0.15) is 22.3 Å². The molecular formula is C32H25FeNO3+2. The minimum atomic E-state index is -0.942. The van der Waals surface area contributed by atoms with Crippen LogP contribution in [0.4, 0.5) is 0 Å². The van der Waals surface area contributed by atoms with Crippen LogP contribution < -0.4 is 0 Å². The summed E-state index contributed by atoms with van der Waals surface area (Å²) in [5, 5.41) is 11.9. The Morgan fingerprint density at radius 2 is 1.24 bits per heavy atom. The first kappa shape index (κ1) is 26.2. The number of fused-ring (bicyclic) bond motifs is 7. The second-order valence-corrected chi connectivity index (χ2v) is 9.22. The second-order valence-electron chi connectivity index (χ2n) is 9.22. The smallest absolute Gasteiger partial charge is 0.348 e. The summed E-state index contributed by atoms with van der Waals surface area (Å²) >= 11 is 0. The van der Waals surface area contributed by atoms with Gasteiger partial charge in [0, 0.05) is 16.8 Å². The Morgan fingerprint density at radius 3 is 1.84 bits per heavy atom. The van der Waals surface area contributed by atoms with E-state index in [9.17, 15) is 10.1 Å². The van der Waals surface area contributed by atoms with Gasteiger partial charge in [-0.15, -0.1) is 0 Å². The molecule has 182 valence electrons. The summed E-state index contributed by atoms with van der Waals surface area (Å²) < 4.78 is 7.21. The predicted molar refractivity (Wildman–Crippen MR) is 138 cm³/mol. The molecule has 0 aromatic heterocycles. The van der Waals surface area contributed by atoms with Gasteiger partial charge in [0.05, 0.1) is 5.92 Å². The fourth-order valence-corrected chi connectivity index (χ4v) is 6.04. The molecule has 2 saturated carbocycles. The molecule has 0 N–H and O–H groups in total. The van der Waals surface area contributed by atoms with Gasteiger partial charge >= 0.3 is 17.1 Å². The zero-order valence-electron chi connectivity index (χ0n) is 20.0. The van der Waals surface area contributed by atoms with E-state index in [-0.39, 0.29) is 28.5 Å². The van der Waals surface area contributed by atoms with Gasteiger partial charge in [0.2, 0.25) is 6.54 Å². The van der Waals surface area contributed by atoms with Gasteiger partial charge in [-0.3, -0.25) is 10.1 Å². The SMILES string of the molecule is O=[N+]([O-])C[C@H]1[C]2[CH][CH][CH][C]2[C@]2(c3ccccc3)O[C@@]1(c1ccccc1)c1ccccc12.[CH]1[CH][CH][CH][CH]1.[Fe+2]. The Morgan fingerprint density at radius 1 is 0.703 bits per heavy atom. The van der Waals surface area contributed by atoms with E-state index in [0.29, 0.717) is 0 Å². The summed E-state index contributed by atoms with van der Waals surface area (Å²) in [6.45, 7) is -0.203. The molecule has 2 bridgehead atoms. The van der Waals surface area contributed by atoms with Crippen LogP contribution in [-0.4, -0.2) is 11.5 Å². The molecule has 2 heterocycles. The normalized spacial score (nSPS) is 27.9. The van der Waals surface area contributed by atoms with E-state index in [1.165, 1.54) is 0 Å². The van der Waals surface area contributed by atoms with Crippen molar-refractivity contribution in [2.45, 2.75) is 11.2 Å². The van der Waals surface area contributed by atoms with Crippen molar-refractivity contribution < 1.29 is 26.7 Å². The van der Waals surface area contributed by atoms with Crippen molar-refractivity contribution in [2.75, 3.05) is 6.54 Å². The maximum atomic E-state index is 11.9. The Bertz CT molecular complexity index is 1210. The first-order valence-electron chi connectivity index (χ1n) is 12.1. The zero-order chi connectivity index (χ0) is 24.6. The van der Waals surface area contributed by atoms with Crippen LogP contribution >= 0.6 is 0 Å². The van der Waals surface area contributed by atoms with Crippen molar-refractivity contribution in [3.63, 3.8) is 0 Å². The van der Waals surface area contributed by atoms with E-state index < -0.39 is 17.1 Å². The maximum Gasteiger partial charge on any atom is 2.00 e. The molecule has 3 aromatic carbocycles. The predicted octanol–water partition coefficient (Wildman–Crippen LogP) is 5.90. The number of nitro groups is 1. The summed E-state index contributed by atoms with van der Waals surface area (Å²) in [7, 11) is 0. The van der Waals surface area contributed by atoms with Crippen molar-refractivity contribution in [1.82, 2.24) is 0 Å². The first-order chi connectivity index (χ1) is 17.7. The summed E-state index contributed by atoms with van der Waals surface area (Å²) in [5.41, 5.74) is 2.30. The molecule has 2 aliphatic heterocycles. The quantitative estimate of drug-likeness (QED) is 0.241. The molecule has 0 amide bonds. The molecule has 4 nitrogen and oxygen atoms in total. The zero-order valence-corrected chi connectivity index (χ0v) is 21.1. The van der Waals surface area contributed by atoms with Crippen LogP contribution in [0.15, 0.2) is 84.9 Å². The third kappa shape index (κ3) is 4.16. The van der Waals surface area contributed by atoms with Crippen molar-refractivity contribution in [1.29, 1.82) is 0 Å². The molecule has 7 rings (SSSR count). The van der Waals surface area contributed by atoms with Crippen molar-refractivity contribution in [3.8, 4) is 0 Å². The average molecular weight is 527 g/mol. The summed E-state index contributed by atoms with van der Waals surface area (Å²) in [6, 6.07) is 28.4. The Kier molecular flexibility index (Phi) is 7.58. The average Bonchev–Trinajstić information content (AvgIpc) is 3.70. The van der Waals surface area contributed by atoms with Crippen LogP contribution in [0.3, 0.4) is 0 Å². The summed E-state index contributed by atoms with van der Waals surface area (Å²) in [5.74, 6) is 1.56. The standard InChI is InChI=1S/C27H20NO3.C5H5.Fe/c29-28(30)18-25-21-14-9-17-22(21)26(19-10-3-1-4-11-19)23-15-7-8-16-24(23)27(25,31-26)20-12-5-2-6-13-20;1-2-4-5-3-1;/h1-17,25H,18H2;1-5H;/q;;+2/t25-,26-,27-;;/m0../s1. The number of benzene rings is 3. The molecule has 3 atom stereocenters.